The molecule has 0 spiro atoms. The van der Waals surface area contributed by atoms with E-state index in [2.05, 4.69) is 56.7 Å². The Balaban J connectivity index is 0. The first-order valence-corrected chi connectivity index (χ1v) is 15.7. The van der Waals surface area contributed by atoms with Crippen molar-refractivity contribution in [1.82, 2.24) is 5.32 Å². The summed E-state index contributed by atoms with van der Waals surface area (Å²) in [6.07, 6.45) is 23.4. The van der Waals surface area contributed by atoms with E-state index in [0.717, 1.165) is 62.9 Å². The predicted molar refractivity (Wildman–Crippen MR) is 169 cm³/mol. The van der Waals surface area contributed by atoms with E-state index >= 15 is 0 Å². The number of carbonyl (C=O) groups is 1. The molecule has 0 aliphatic heterocycles. The van der Waals surface area contributed by atoms with Gasteiger partial charge >= 0.3 is 0 Å². The zero-order valence-electron chi connectivity index (χ0n) is 25.2. The minimum absolute atomic E-state index is 0. The smallest absolute Gasteiger partial charge is 0.220 e. The summed E-state index contributed by atoms with van der Waals surface area (Å²) in [4.78, 5) is 12.1. The first-order valence-electron chi connectivity index (χ1n) is 15.7. The van der Waals surface area contributed by atoms with Gasteiger partial charge in [0.05, 0.1) is 32.7 Å². The quantitative estimate of drug-likeness (QED) is 0.0687. The van der Waals surface area contributed by atoms with Crippen LogP contribution in [0.2, 0.25) is 0 Å². The highest BCUT2D eigenvalue weighted by Gasteiger charge is 2.20. The van der Waals surface area contributed by atoms with Gasteiger partial charge in [-0.2, -0.15) is 0 Å². The fourth-order valence-electron chi connectivity index (χ4n) is 4.79. The van der Waals surface area contributed by atoms with Crippen LogP contribution < -0.4 is 5.32 Å². The molecule has 4 heteroatoms. The molecular formula is C33H62BrN2O+. The number of amides is 1. The van der Waals surface area contributed by atoms with Crippen molar-refractivity contribution in [3.63, 3.8) is 0 Å². The molecule has 0 fully saturated rings. The Morgan fingerprint density at radius 2 is 1.00 bits per heavy atom. The number of rotatable bonds is 24. The summed E-state index contributed by atoms with van der Waals surface area (Å²) < 4.78 is 1.09. The maximum absolute atomic E-state index is 12.1. The van der Waals surface area contributed by atoms with Crippen LogP contribution in [0.15, 0.2) is 0 Å². The van der Waals surface area contributed by atoms with Crippen LogP contribution in [-0.4, -0.2) is 43.1 Å². The van der Waals surface area contributed by atoms with Crippen molar-refractivity contribution in [2.24, 2.45) is 0 Å². The van der Waals surface area contributed by atoms with E-state index in [0.29, 0.717) is 6.42 Å². The Morgan fingerprint density at radius 1 is 0.595 bits per heavy atom. The molecule has 1 amide bonds. The number of likely N-dealkylation sites (N-methyl/N-ethyl adjacent to an activating group) is 1. The molecule has 216 valence electrons. The van der Waals surface area contributed by atoms with Crippen molar-refractivity contribution >= 4 is 22.9 Å². The van der Waals surface area contributed by atoms with Gasteiger partial charge in [-0.3, -0.25) is 4.79 Å². The first-order chi connectivity index (χ1) is 17.6. The molecule has 37 heavy (non-hydrogen) atoms. The Hall–Kier alpha value is -0.970. The molecular weight excluding hydrogens is 520 g/mol. The largest absolute Gasteiger partial charge is 0.350 e. The van der Waals surface area contributed by atoms with Crippen LogP contribution in [0, 0.1) is 23.7 Å². The third-order valence-corrected chi connectivity index (χ3v) is 7.77. The number of unbranched alkanes of at least 4 members (excludes halogenated alkanes) is 16. The van der Waals surface area contributed by atoms with Gasteiger partial charge in [0.15, 0.2) is 0 Å². The SMILES string of the molecule is Br.CCCCCCCCCCCCC#CC#CCCCCCCCCC(=O)NCC[N+](CC)(CC)CC. The summed E-state index contributed by atoms with van der Waals surface area (Å²) >= 11 is 0. The van der Waals surface area contributed by atoms with Gasteiger partial charge in [0.1, 0.15) is 0 Å². The van der Waals surface area contributed by atoms with E-state index in [1.54, 1.807) is 0 Å². The van der Waals surface area contributed by atoms with Gasteiger partial charge in [0.2, 0.25) is 5.91 Å². The molecule has 0 bridgehead atoms. The number of nitrogens with one attached hydrogen (secondary N) is 1. The average Bonchev–Trinajstić information content (AvgIpc) is 2.90. The molecule has 0 radical (unpaired) electrons. The summed E-state index contributed by atoms with van der Waals surface area (Å²) in [5.74, 6) is 12.7. The number of carbonyl (C=O) groups excluding carboxylic acids is 1. The van der Waals surface area contributed by atoms with Crippen LogP contribution >= 0.6 is 17.0 Å². The van der Waals surface area contributed by atoms with Crippen molar-refractivity contribution < 1.29 is 9.28 Å². The van der Waals surface area contributed by atoms with Gasteiger partial charge in [0, 0.05) is 19.3 Å². The molecule has 0 aromatic rings. The second-order valence-corrected chi connectivity index (χ2v) is 10.5. The third-order valence-electron chi connectivity index (χ3n) is 7.77. The second-order valence-electron chi connectivity index (χ2n) is 10.5. The lowest BCUT2D eigenvalue weighted by Gasteiger charge is -2.35. The first kappa shape index (κ1) is 38.2. The maximum Gasteiger partial charge on any atom is 0.220 e. The molecule has 0 aromatic heterocycles. The fraction of sp³-hybridized carbons (Fsp3) is 0.848. The third kappa shape index (κ3) is 25.1. The topological polar surface area (TPSA) is 29.1 Å². The van der Waals surface area contributed by atoms with Crippen molar-refractivity contribution in [2.75, 3.05) is 32.7 Å². The van der Waals surface area contributed by atoms with Crippen LogP contribution in [0.1, 0.15) is 150 Å². The summed E-state index contributed by atoms with van der Waals surface area (Å²) in [5, 5.41) is 3.12. The second kappa shape index (κ2) is 29.6. The Kier molecular flexibility index (Phi) is 30.5. The lowest BCUT2D eigenvalue weighted by atomic mass is 10.1. The minimum Gasteiger partial charge on any atom is -0.350 e. The zero-order valence-corrected chi connectivity index (χ0v) is 26.9. The number of hydrogen-bond donors (Lipinski definition) is 1. The molecule has 1 N–H and O–H groups in total. The monoisotopic (exact) mass is 581 g/mol. The van der Waals surface area contributed by atoms with E-state index in [1.807, 2.05) is 0 Å². The van der Waals surface area contributed by atoms with Crippen LogP contribution in [0.25, 0.3) is 0 Å². The molecule has 3 nitrogen and oxygen atoms in total. The van der Waals surface area contributed by atoms with Crippen molar-refractivity contribution in [3.8, 4) is 23.7 Å². The van der Waals surface area contributed by atoms with Crippen LogP contribution in [0.3, 0.4) is 0 Å². The van der Waals surface area contributed by atoms with Crippen molar-refractivity contribution in [2.45, 2.75) is 150 Å². The molecule has 0 unspecified atom stereocenters. The highest BCUT2D eigenvalue weighted by molar-refractivity contribution is 8.93. The number of hydrogen-bond acceptors (Lipinski definition) is 1. The van der Waals surface area contributed by atoms with Gasteiger partial charge < -0.3 is 9.80 Å². The van der Waals surface area contributed by atoms with Gasteiger partial charge in [0.25, 0.3) is 0 Å². The Morgan fingerprint density at radius 3 is 1.43 bits per heavy atom. The fourth-order valence-corrected chi connectivity index (χ4v) is 4.79. The maximum atomic E-state index is 12.1. The predicted octanol–water partition coefficient (Wildman–Crippen LogP) is 9.00. The average molecular weight is 583 g/mol. The van der Waals surface area contributed by atoms with Gasteiger partial charge in [-0.1, -0.05) is 102 Å². The highest BCUT2D eigenvalue weighted by atomic mass is 79.9. The molecule has 0 saturated heterocycles. The summed E-state index contributed by atoms with van der Waals surface area (Å²) in [6, 6.07) is 0. The summed E-state index contributed by atoms with van der Waals surface area (Å²) in [7, 11) is 0. The molecule has 0 atom stereocenters. The number of quaternary nitrogens is 1. The lowest BCUT2D eigenvalue weighted by molar-refractivity contribution is -0.922. The Bertz CT molecular complexity index is 613. The van der Waals surface area contributed by atoms with Crippen molar-refractivity contribution in [3.05, 3.63) is 0 Å². The van der Waals surface area contributed by atoms with Crippen LogP contribution in [0.4, 0.5) is 0 Å². The van der Waals surface area contributed by atoms with E-state index in [4.69, 9.17) is 0 Å². The van der Waals surface area contributed by atoms with Gasteiger partial charge in [-0.05, 0) is 51.9 Å². The standard InChI is InChI=1S/C33H60N2O.BrH/c1-5-9-10-11-12-13-14-15-16-17-18-19-20-21-22-23-24-25-26-27-28-29-30-33(36)34-31-32-35(6-2,7-3)8-4;/h5-18,23-32H2,1-4H3;1H/p+1. The summed E-state index contributed by atoms with van der Waals surface area (Å²) in [5.41, 5.74) is 0. The lowest BCUT2D eigenvalue weighted by Crippen LogP contribution is -2.51. The minimum atomic E-state index is 0. The van der Waals surface area contributed by atoms with Gasteiger partial charge in [-0.25, -0.2) is 0 Å². The summed E-state index contributed by atoms with van der Waals surface area (Å²) in [6.45, 7) is 14.3. The Labute approximate surface area is 243 Å². The van der Waals surface area contributed by atoms with Crippen LogP contribution in [-0.2, 0) is 4.79 Å². The highest BCUT2D eigenvalue weighted by Crippen LogP contribution is 2.11. The molecule has 0 saturated carbocycles. The molecule has 0 aliphatic rings. The molecule has 0 heterocycles. The number of halogens is 1. The normalized spacial score (nSPS) is 10.6. The van der Waals surface area contributed by atoms with Crippen LogP contribution in [0.5, 0.6) is 0 Å². The van der Waals surface area contributed by atoms with E-state index in [-0.39, 0.29) is 22.9 Å². The van der Waals surface area contributed by atoms with E-state index < -0.39 is 0 Å². The molecule has 0 aromatic carbocycles. The number of nitrogens with zero attached hydrogens (tertiary/aromatic N) is 1. The zero-order chi connectivity index (χ0) is 26.6. The molecule has 0 aliphatic carbocycles. The van der Waals surface area contributed by atoms with E-state index in [9.17, 15) is 4.79 Å². The van der Waals surface area contributed by atoms with Gasteiger partial charge in [-0.15, -0.1) is 17.0 Å². The van der Waals surface area contributed by atoms with Crippen molar-refractivity contribution in [1.29, 1.82) is 0 Å². The molecule has 0 rings (SSSR count). The van der Waals surface area contributed by atoms with E-state index in [1.165, 1.54) is 89.9 Å².